The lowest BCUT2D eigenvalue weighted by Crippen LogP contribution is -2.16. The van der Waals surface area contributed by atoms with E-state index in [2.05, 4.69) is 206 Å². The van der Waals surface area contributed by atoms with E-state index in [-0.39, 0.29) is 0 Å². The van der Waals surface area contributed by atoms with Crippen molar-refractivity contribution in [3.8, 4) is 11.5 Å². The summed E-state index contributed by atoms with van der Waals surface area (Å²) in [5.41, 5.74) is 0. The first kappa shape index (κ1) is 32.4. The fourth-order valence-electron chi connectivity index (χ4n) is 5.28. The van der Waals surface area contributed by atoms with Crippen LogP contribution in [0.5, 0.6) is 11.5 Å². The van der Waals surface area contributed by atoms with Crippen LogP contribution in [0.1, 0.15) is 0 Å². The van der Waals surface area contributed by atoms with Crippen LogP contribution in [-0.2, 0) is 0 Å². The summed E-state index contributed by atoms with van der Waals surface area (Å²) in [7, 11) is -3.72. The van der Waals surface area contributed by atoms with Crippen LogP contribution in [0.4, 0.5) is 0 Å². The minimum Gasteiger partial charge on any atom is -0.464 e. The Bertz CT molecular complexity index is 1740. The molecule has 2 unspecified atom stereocenters. The number of hydrogen-bond donors (Lipinski definition) is 0. The summed E-state index contributed by atoms with van der Waals surface area (Å²) in [6.07, 6.45) is 0. The minimum absolute atomic E-state index is 0.809. The molecule has 0 aliphatic heterocycles. The van der Waals surface area contributed by atoms with Gasteiger partial charge in [0.1, 0.15) is 11.5 Å². The van der Waals surface area contributed by atoms with E-state index in [0.29, 0.717) is 0 Å². The average molecular weight is 695 g/mol. The van der Waals surface area contributed by atoms with Crippen LogP contribution < -0.4 is 40.9 Å². The van der Waals surface area contributed by atoms with Gasteiger partial charge in [0.05, 0.1) is 0 Å². The second-order valence-corrected chi connectivity index (χ2v) is 21.2. The van der Waals surface area contributed by atoms with Crippen molar-refractivity contribution in [2.24, 2.45) is 0 Å². The highest BCUT2D eigenvalue weighted by Crippen LogP contribution is 2.68. The van der Waals surface area contributed by atoms with Crippen LogP contribution in [0.3, 0.4) is 0 Å². The van der Waals surface area contributed by atoms with Gasteiger partial charge in [0, 0.05) is 25.8 Å². The summed E-state index contributed by atoms with van der Waals surface area (Å²) in [6.45, 7) is 0. The number of benzene rings is 7. The molecule has 0 spiro atoms. The molecule has 7 aromatic rings. The fourth-order valence-corrected chi connectivity index (χ4v) is 18.2. The molecule has 7 rings (SSSR count). The van der Waals surface area contributed by atoms with Gasteiger partial charge in [-0.2, -0.15) is 0 Å². The lowest BCUT2D eigenvalue weighted by atomic mass is 10.3. The molecular formula is C42H34O2P4. The van der Waals surface area contributed by atoms with Gasteiger partial charge >= 0.3 is 0 Å². The first-order valence-electron chi connectivity index (χ1n) is 15.8. The summed E-state index contributed by atoms with van der Waals surface area (Å²) in [4.78, 5) is 0. The zero-order chi connectivity index (χ0) is 32.4. The largest absolute Gasteiger partial charge is 0.464 e. The Hall–Kier alpha value is -4.14. The Morgan fingerprint density at radius 1 is 0.229 bits per heavy atom. The first-order valence-corrected chi connectivity index (χ1v) is 22.4. The molecule has 0 N–H and O–H groups in total. The Morgan fingerprint density at radius 2 is 0.438 bits per heavy atom. The molecule has 48 heavy (non-hydrogen) atoms. The smallest absolute Gasteiger partial charge is 0.151 e. The molecule has 0 amide bonds. The summed E-state index contributed by atoms with van der Waals surface area (Å²) in [5, 5.41) is 7.65. The second-order valence-electron chi connectivity index (χ2n) is 10.8. The van der Waals surface area contributed by atoms with Gasteiger partial charge in [0.25, 0.3) is 0 Å². The lowest BCUT2D eigenvalue weighted by molar-refractivity contribution is 0.616. The van der Waals surface area contributed by atoms with Gasteiger partial charge in [-0.1, -0.05) is 182 Å². The van der Waals surface area contributed by atoms with Crippen LogP contribution >= 0.6 is 30.9 Å². The molecule has 0 aliphatic rings. The third-order valence-corrected chi connectivity index (χ3v) is 20.5. The maximum atomic E-state index is 7.05. The number of hydrogen-bond acceptors (Lipinski definition) is 2. The molecule has 6 heteroatoms. The van der Waals surface area contributed by atoms with E-state index >= 15 is 0 Å². The van der Waals surface area contributed by atoms with E-state index in [1.54, 1.807) is 0 Å². The van der Waals surface area contributed by atoms with Crippen LogP contribution in [0.15, 0.2) is 206 Å². The molecule has 7 aromatic carbocycles. The molecule has 0 saturated carbocycles. The summed E-state index contributed by atoms with van der Waals surface area (Å²) < 4.78 is 14.1. The maximum Gasteiger partial charge on any atom is 0.151 e. The van der Waals surface area contributed by atoms with Gasteiger partial charge in [-0.25, -0.2) is 0 Å². The van der Waals surface area contributed by atoms with Crippen molar-refractivity contribution in [1.82, 2.24) is 0 Å². The van der Waals surface area contributed by atoms with Crippen LogP contribution in [0.2, 0.25) is 0 Å². The van der Waals surface area contributed by atoms with E-state index < -0.39 is 30.9 Å². The predicted octanol–water partition coefficient (Wildman–Crippen LogP) is 9.98. The van der Waals surface area contributed by atoms with Crippen molar-refractivity contribution in [3.63, 3.8) is 0 Å². The molecule has 234 valence electrons. The monoisotopic (exact) mass is 694 g/mol. The topological polar surface area (TPSA) is 18.5 Å². The Balaban J connectivity index is 1.23. The highest BCUT2D eigenvalue weighted by Gasteiger charge is 2.31. The molecular weight excluding hydrogens is 660 g/mol. The van der Waals surface area contributed by atoms with Crippen molar-refractivity contribution in [3.05, 3.63) is 206 Å². The van der Waals surface area contributed by atoms with Crippen molar-refractivity contribution < 1.29 is 9.05 Å². The molecule has 0 saturated heterocycles. The average Bonchev–Trinajstić information content (AvgIpc) is 3.17. The molecule has 0 bridgehead atoms. The van der Waals surface area contributed by atoms with Gasteiger partial charge in [0.2, 0.25) is 0 Å². The molecule has 2 atom stereocenters. The summed E-state index contributed by atoms with van der Waals surface area (Å²) in [5.74, 6) is 1.68. The zero-order valence-corrected chi connectivity index (χ0v) is 29.8. The summed E-state index contributed by atoms with van der Waals surface area (Å²) in [6, 6.07) is 72.9. The van der Waals surface area contributed by atoms with Crippen LogP contribution in [0, 0.1) is 0 Å². The van der Waals surface area contributed by atoms with Gasteiger partial charge < -0.3 is 9.05 Å². The van der Waals surface area contributed by atoms with E-state index in [0.717, 1.165) is 11.5 Å². The molecule has 2 nitrogen and oxygen atoms in total. The fraction of sp³-hybridized carbons (Fsp3) is 0. The van der Waals surface area contributed by atoms with Crippen LogP contribution in [-0.4, -0.2) is 0 Å². The van der Waals surface area contributed by atoms with Gasteiger partial charge in [-0.05, 0) is 45.5 Å². The van der Waals surface area contributed by atoms with E-state index in [1.165, 1.54) is 31.8 Å². The molecule has 0 aliphatic carbocycles. The lowest BCUT2D eigenvalue weighted by Gasteiger charge is -2.29. The van der Waals surface area contributed by atoms with Crippen molar-refractivity contribution in [1.29, 1.82) is 0 Å². The van der Waals surface area contributed by atoms with Crippen molar-refractivity contribution in [2.75, 3.05) is 0 Å². The third kappa shape index (κ3) is 7.93. The Morgan fingerprint density at radius 3 is 0.667 bits per heavy atom. The predicted molar refractivity (Wildman–Crippen MR) is 212 cm³/mol. The normalized spacial score (nSPS) is 12.4. The third-order valence-electron chi connectivity index (χ3n) is 7.53. The van der Waals surface area contributed by atoms with Crippen molar-refractivity contribution >= 4 is 62.7 Å². The summed E-state index contributed by atoms with van der Waals surface area (Å²) >= 11 is 0. The molecule has 0 aromatic heterocycles. The van der Waals surface area contributed by atoms with Gasteiger partial charge in [-0.15, -0.1) is 0 Å². The van der Waals surface area contributed by atoms with E-state index in [4.69, 9.17) is 9.05 Å². The van der Waals surface area contributed by atoms with Gasteiger partial charge in [0.15, 0.2) is 15.7 Å². The number of rotatable bonds is 12. The molecule has 0 heterocycles. The second kappa shape index (κ2) is 16.3. The Kier molecular flexibility index (Phi) is 11.0. The standard InChI is InChI=1S/C42H34O2P4/c1-7-19-37(20-8-1)45(38-21-9-2-10-22-38)47(41-27-15-5-16-28-41)43-35-31-33-36(34-32-35)44-48(42-29-17-6-18-30-42)46(39-23-11-3-12-24-39)40-25-13-4-14-26-40/h1-34H. The SMILES string of the molecule is c1ccc(P(Oc2ccc(OP(c3ccccc3)P(c3ccccc3)c3ccccc3)cc2)P(c2ccccc2)c2ccccc2)cc1. The van der Waals surface area contributed by atoms with E-state index in [9.17, 15) is 0 Å². The molecule has 0 radical (unpaired) electrons. The minimum atomic E-state index is -1.05. The highest BCUT2D eigenvalue weighted by molar-refractivity contribution is 8.37. The maximum absolute atomic E-state index is 7.05. The quantitative estimate of drug-likeness (QED) is 0.119. The first-order chi connectivity index (χ1) is 23.8. The Labute approximate surface area is 288 Å². The molecule has 0 fully saturated rings. The van der Waals surface area contributed by atoms with Crippen LogP contribution in [0.25, 0.3) is 0 Å². The zero-order valence-electron chi connectivity index (χ0n) is 26.2. The highest BCUT2D eigenvalue weighted by atomic mass is 32.1. The van der Waals surface area contributed by atoms with Crippen molar-refractivity contribution in [2.45, 2.75) is 0 Å². The van der Waals surface area contributed by atoms with E-state index in [1.807, 2.05) is 0 Å². The van der Waals surface area contributed by atoms with Gasteiger partial charge in [-0.3, -0.25) is 0 Å².